The van der Waals surface area contributed by atoms with E-state index in [2.05, 4.69) is 0 Å². The molecule has 0 saturated heterocycles. The third-order valence-electron chi connectivity index (χ3n) is 2.88. The fourth-order valence-electron chi connectivity index (χ4n) is 1.82. The zero-order valence-corrected chi connectivity index (χ0v) is 10.7. The summed E-state index contributed by atoms with van der Waals surface area (Å²) in [5.74, 6) is 0.820. The molecule has 3 heteroatoms. The molecule has 1 N–H and O–H groups in total. The second kappa shape index (κ2) is 5.83. The van der Waals surface area contributed by atoms with Crippen LogP contribution in [0.4, 0.5) is 0 Å². The van der Waals surface area contributed by atoms with Crippen molar-refractivity contribution in [3.63, 3.8) is 0 Å². The minimum atomic E-state index is -0.0380. The van der Waals surface area contributed by atoms with E-state index in [0.29, 0.717) is 12.2 Å². The van der Waals surface area contributed by atoms with Crippen LogP contribution in [0.2, 0.25) is 0 Å². The van der Waals surface area contributed by atoms with Crippen LogP contribution in [0.3, 0.4) is 0 Å². The van der Waals surface area contributed by atoms with Crippen molar-refractivity contribution in [2.75, 3.05) is 0 Å². The second-order valence-electron chi connectivity index (χ2n) is 4.20. The first-order valence-corrected chi connectivity index (χ1v) is 5.97. The Labute approximate surface area is 112 Å². The van der Waals surface area contributed by atoms with E-state index in [0.717, 1.165) is 16.9 Å². The zero-order valence-electron chi connectivity index (χ0n) is 10.7. The Kier molecular flexibility index (Phi) is 3.94. The van der Waals surface area contributed by atoms with Gasteiger partial charge in [-0.15, -0.1) is 0 Å². The molecule has 0 heterocycles. The van der Waals surface area contributed by atoms with Gasteiger partial charge in [0.05, 0.1) is 0 Å². The highest BCUT2D eigenvalue weighted by Crippen LogP contribution is 2.19. The van der Waals surface area contributed by atoms with Gasteiger partial charge in [0.15, 0.2) is 0 Å². The van der Waals surface area contributed by atoms with Crippen molar-refractivity contribution in [1.82, 2.24) is 0 Å². The van der Waals surface area contributed by atoms with Crippen LogP contribution in [0.5, 0.6) is 5.75 Å². The van der Waals surface area contributed by atoms with Crippen LogP contribution >= 0.6 is 0 Å². The summed E-state index contributed by atoms with van der Waals surface area (Å²) < 4.78 is 5.75. The summed E-state index contributed by atoms with van der Waals surface area (Å²) in [5.41, 5.74) is 2.50. The van der Waals surface area contributed by atoms with Crippen molar-refractivity contribution in [2.45, 2.75) is 13.5 Å². The normalized spacial score (nSPS) is 9.68. The maximum Gasteiger partial charge on any atom is 0.139 e. The molecule has 94 valence electrons. The molecule has 0 amide bonds. The summed E-state index contributed by atoms with van der Waals surface area (Å²) in [5, 5.41) is 16.5. The number of rotatable bonds is 4. The fraction of sp³-hybridized carbons (Fsp3) is 0.125. The summed E-state index contributed by atoms with van der Waals surface area (Å²) in [6.45, 7) is 2.34. The van der Waals surface area contributed by atoms with Gasteiger partial charge in [0.25, 0.3) is 0 Å². The Balaban J connectivity index is 2.19. The first kappa shape index (κ1) is 12.8. The minimum Gasteiger partial charge on any atom is -0.489 e. The average molecular weight is 250 g/mol. The lowest BCUT2D eigenvalue weighted by molar-refractivity contribution is 0.304. The molecule has 0 fully saturated rings. The molecule has 2 rings (SSSR count). The summed E-state index contributed by atoms with van der Waals surface area (Å²) >= 11 is 0. The van der Waals surface area contributed by atoms with Crippen molar-refractivity contribution < 1.29 is 4.74 Å². The minimum absolute atomic E-state index is 0.0380. The van der Waals surface area contributed by atoms with E-state index in [4.69, 9.17) is 15.4 Å². The molecule has 0 aliphatic carbocycles. The van der Waals surface area contributed by atoms with Crippen LogP contribution in [0.25, 0.3) is 0 Å². The van der Waals surface area contributed by atoms with Crippen molar-refractivity contribution in [1.29, 1.82) is 10.7 Å². The van der Waals surface area contributed by atoms with Crippen LogP contribution in [0.1, 0.15) is 16.7 Å². The number of nitrogens with one attached hydrogen (secondary N) is 1. The molecule has 2 aromatic rings. The standard InChI is InChI=1S/C16H14N2O/c1-12-6-2-5-9-16(12)19-11-13-7-3-4-8-14(13)15(18)10-17/h2-9,18H,11H2,1H3. The van der Waals surface area contributed by atoms with Gasteiger partial charge in [-0.1, -0.05) is 42.5 Å². The summed E-state index contributed by atoms with van der Waals surface area (Å²) in [6.07, 6.45) is 0. The largest absolute Gasteiger partial charge is 0.489 e. The van der Waals surface area contributed by atoms with E-state index in [1.54, 1.807) is 6.07 Å². The van der Waals surface area contributed by atoms with Crippen LogP contribution < -0.4 is 4.74 Å². The highest BCUT2D eigenvalue weighted by molar-refractivity contribution is 6.10. The van der Waals surface area contributed by atoms with Gasteiger partial charge in [-0.05, 0) is 24.1 Å². The Morgan fingerprint density at radius 1 is 1.16 bits per heavy atom. The molecule has 0 aromatic heterocycles. The number of ether oxygens (including phenoxy) is 1. The fourth-order valence-corrected chi connectivity index (χ4v) is 1.82. The SMILES string of the molecule is Cc1ccccc1OCc1ccccc1C(=N)C#N. The first-order valence-electron chi connectivity index (χ1n) is 5.97. The molecular formula is C16H14N2O. The highest BCUT2D eigenvalue weighted by Gasteiger charge is 2.07. The van der Waals surface area contributed by atoms with Crippen molar-refractivity contribution in [3.8, 4) is 11.8 Å². The molecule has 19 heavy (non-hydrogen) atoms. The second-order valence-corrected chi connectivity index (χ2v) is 4.20. The Morgan fingerprint density at radius 3 is 2.58 bits per heavy atom. The zero-order chi connectivity index (χ0) is 13.7. The van der Waals surface area contributed by atoms with Gasteiger partial charge in [0, 0.05) is 5.56 Å². The van der Waals surface area contributed by atoms with E-state index in [1.807, 2.05) is 55.5 Å². The number of nitrogens with zero attached hydrogens (tertiary/aromatic N) is 1. The van der Waals surface area contributed by atoms with Crippen LogP contribution in [-0.2, 0) is 6.61 Å². The molecule has 0 atom stereocenters. The van der Waals surface area contributed by atoms with Crippen molar-refractivity contribution in [3.05, 3.63) is 65.2 Å². The summed E-state index contributed by atoms with van der Waals surface area (Å²) in [4.78, 5) is 0. The van der Waals surface area contributed by atoms with Gasteiger partial charge in [-0.3, -0.25) is 5.41 Å². The van der Waals surface area contributed by atoms with Gasteiger partial charge in [0.1, 0.15) is 24.1 Å². The van der Waals surface area contributed by atoms with E-state index in [1.165, 1.54) is 0 Å². The summed E-state index contributed by atoms with van der Waals surface area (Å²) in [6, 6.07) is 17.0. The maximum atomic E-state index is 8.83. The third-order valence-corrected chi connectivity index (χ3v) is 2.88. The number of para-hydroxylation sites is 1. The number of hydrogen-bond donors (Lipinski definition) is 1. The number of aryl methyl sites for hydroxylation is 1. The van der Waals surface area contributed by atoms with Crippen molar-refractivity contribution in [2.24, 2.45) is 0 Å². The first-order chi connectivity index (χ1) is 9.22. The van der Waals surface area contributed by atoms with Gasteiger partial charge >= 0.3 is 0 Å². The summed E-state index contributed by atoms with van der Waals surface area (Å²) in [7, 11) is 0. The monoisotopic (exact) mass is 250 g/mol. The van der Waals surface area contributed by atoms with Crippen LogP contribution in [-0.4, -0.2) is 5.71 Å². The van der Waals surface area contributed by atoms with Crippen LogP contribution in [0, 0.1) is 23.7 Å². The molecule has 3 nitrogen and oxygen atoms in total. The molecule has 2 aromatic carbocycles. The molecule has 0 aliphatic rings. The predicted octanol–water partition coefficient (Wildman–Crippen LogP) is 3.47. The molecule has 0 aliphatic heterocycles. The average Bonchev–Trinajstić information content (AvgIpc) is 2.46. The number of nitriles is 1. The Hall–Kier alpha value is -2.60. The van der Waals surface area contributed by atoms with E-state index in [9.17, 15) is 0 Å². The predicted molar refractivity (Wildman–Crippen MR) is 74.4 cm³/mol. The lowest BCUT2D eigenvalue weighted by atomic mass is 10.0. The topological polar surface area (TPSA) is 56.9 Å². The van der Waals surface area contributed by atoms with Gasteiger partial charge in [-0.25, -0.2) is 0 Å². The number of benzene rings is 2. The van der Waals surface area contributed by atoms with Crippen LogP contribution in [0.15, 0.2) is 48.5 Å². The molecule has 0 saturated carbocycles. The lowest BCUT2D eigenvalue weighted by Crippen LogP contribution is -2.05. The van der Waals surface area contributed by atoms with E-state index >= 15 is 0 Å². The van der Waals surface area contributed by atoms with E-state index < -0.39 is 0 Å². The smallest absolute Gasteiger partial charge is 0.139 e. The molecular weight excluding hydrogens is 236 g/mol. The van der Waals surface area contributed by atoms with Crippen molar-refractivity contribution >= 4 is 5.71 Å². The quantitative estimate of drug-likeness (QED) is 0.845. The Bertz CT molecular complexity index is 641. The molecule has 0 bridgehead atoms. The maximum absolute atomic E-state index is 8.83. The van der Waals surface area contributed by atoms with E-state index in [-0.39, 0.29) is 5.71 Å². The third kappa shape index (κ3) is 2.99. The highest BCUT2D eigenvalue weighted by atomic mass is 16.5. The van der Waals surface area contributed by atoms with Gasteiger partial charge < -0.3 is 4.74 Å². The molecule has 0 unspecified atom stereocenters. The Morgan fingerprint density at radius 2 is 1.84 bits per heavy atom. The molecule has 0 radical (unpaired) electrons. The molecule has 0 spiro atoms. The lowest BCUT2D eigenvalue weighted by Gasteiger charge is -2.11. The van der Waals surface area contributed by atoms with Gasteiger partial charge in [-0.2, -0.15) is 5.26 Å². The number of hydrogen-bond acceptors (Lipinski definition) is 3. The van der Waals surface area contributed by atoms with Gasteiger partial charge in [0.2, 0.25) is 0 Å².